The molecule has 0 aromatic heterocycles. The molecule has 3 rings (SSSR count). The zero-order chi connectivity index (χ0) is 21.7. The van der Waals surface area contributed by atoms with Gasteiger partial charge in [0.15, 0.2) is 11.5 Å². The van der Waals surface area contributed by atoms with Crippen LogP contribution in [0.25, 0.3) is 6.08 Å². The van der Waals surface area contributed by atoms with Gasteiger partial charge in [-0.05, 0) is 49.4 Å². The molecule has 0 bridgehead atoms. The lowest BCUT2D eigenvalue weighted by Gasteiger charge is -2.28. The van der Waals surface area contributed by atoms with Crippen molar-refractivity contribution in [2.45, 2.75) is 13.8 Å². The quantitative estimate of drug-likeness (QED) is 0.585. The smallest absolute Gasteiger partial charge is 0.294 e. The summed E-state index contributed by atoms with van der Waals surface area (Å²) in [7, 11) is 0. The summed E-state index contributed by atoms with van der Waals surface area (Å²) in [6.07, 6.45) is 1.56. The molecule has 1 aromatic carbocycles. The van der Waals surface area contributed by atoms with E-state index in [9.17, 15) is 14.4 Å². The molecule has 2 aliphatic rings. The van der Waals surface area contributed by atoms with E-state index >= 15 is 0 Å². The van der Waals surface area contributed by atoms with Gasteiger partial charge in [-0.25, -0.2) is 0 Å². The first-order chi connectivity index (χ1) is 14.4. The van der Waals surface area contributed by atoms with E-state index in [1.54, 1.807) is 23.1 Å². The summed E-state index contributed by atoms with van der Waals surface area (Å²) in [5.41, 5.74) is 0.594. The van der Waals surface area contributed by atoms with Gasteiger partial charge in [-0.1, -0.05) is 11.6 Å². The molecule has 162 valence electrons. The summed E-state index contributed by atoms with van der Waals surface area (Å²) in [6, 6.07) is 3.34. The van der Waals surface area contributed by atoms with Crippen LogP contribution in [0.15, 0.2) is 17.0 Å². The molecule has 8 nitrogen and oxygen atoms in total. The van der Waals surface area contributed by atoms with Crippen LogP contribution in [0, 0.1) is 0 Å². The van der Waals surface area contributed by atoms with Crippen molar-refractivity contribution < 1.29 is 28.6 Å². The molecule has 0 atom stereocenters. The predicted molar refractivity (Wildman–Crippen MR) is 114 cm³/mol. The lowest BCUT2D eigenvalue weighted by atomic mass is 10.1. The molecule has 0 unspecified atom stereocenters. The van der Waals surface area contributed by atoms with Gasteiger partial charge in [0, 0.05) is 13.1 Å². The number of nitrogens with zero attached hydrogens (tertiary/aromatic N) is 2. The Hall–Kier alpha value is -2.23. The highest BCUT2D eigenvalue weighted by atomic mass is 35.5. The number of imide groups is 1. The number of benzene rings is 1. The van der Waals surface area contributed by atoms with Gasteiger partial charge in [0.25, 0.3) is 11.1 Å². The first-order valence-corrected chi connectivity index (χ1v) is 10.8. The highest BCUT2D eigenvalue weighted by Gasteiger charge is 2.37. The van der Waals surface area contributed by atoms with Crippen molar-refractivity contribution >= 4 is 46.5 Å². The zero-order valence-corrected chi connectivity index (χ0v) is 18.4. The Morgan fingerprint density at radius 2 is 1.90 bits per heavy atom. The van der Waals surface area contributed by atoms with Gasteiger partial charge >= 0.3 is 0 Å². The lowest BCUT2D eigenvalue weighted by Crippen LogP contribution is -2.46. The molecule has 2 saturated heterocycles. The standard InChI is InChI=1S/C20H23ClN2O6S/c1-3-28-15-10-13(9-14(21)18(15)29-4-2)11-16-19(25)23(20(26)30-16)12-17(24)22-5-7-27-8-6-22/h9-11H,3-8,12H2,1-2H3/b16-11+. The molecule has 2 aliphatic heterocycles. The molecule has 0 spiro atoms. The van der Waals surface area contributed by atoms with Crippen molar-refractivity contribution in [3.63, 3.8) is 0 Å². The van der Waals surface area contributed by atoms with E-state index in [1.807, 2.05) is 13.8 Å². The maximum atomic E-state index is 12.7. The van der Waals surface area contributed by atoms with E-state index in [0.29, 0.717) is 61.6 Å². The van der Waals surface area contributed by atoms with Gasteiger partial charge in [0.1, 0.15) is 6.54 Å². The first kappa shape index (κ1) is 22.5. The van der Waals surface area contributed by atoms with E-state index in [2.05, 4.69) is 0 Å². The van der Waals surface area contributed by atoms with Gasteiger partial charge in [-0.2, -0.15) is 0 Å². The Kier molecular flexibility index (Phi) is 7.63. The molecule has 3 amide bonds. The Balaban J connectivity index is 1.78. The zero-order valence-electron chi connectivity index (χ0n) is 16.8. The summed E-state index contributed by atoms with van der Waals surface area (Å²) in [6.45, 7) is 6.06. The number of morpholine rings is 1. The fraction of sp³-hybridized carbons (Fsp3) is 0.450. The van der Waals surface area contributed by atoms with Crippen molar-refractivity contribution in [3.8, 4) is 11.5 Å². The number of thioether (sulfide) groups is 1. The van der Waals surface area contributed by atoms with Crippen LogP contribution in [-0.2, 0) is 14.3 Å². The molecule has 0 aliphatic carbocycles. The van der Waals surface area contributed by atoms with Crippen molar-refractivity contribution in [2.24, 2.45) is 0 Å². The van der Waals surface area contributed by atoms with E-state index in [0.717, 1.165) is 16.7 Å². The monoisotopic (exact) mass is 454 g/mol. The molecule has 0 saturated carbocycles. The Bertz CT molecular complexity index is 869. The van der Waals surface area contributed by atoms with Gasteiger partial charge in [0.2, 0.25) is 5.91 Å². The molecule has 2 heterocycles. The number of carbonyl (C=O) groups excluding carboxylic acids is 3. The van der Waals surface area contributed by atoms with Crippen molar-refractivity contribution in [2.75, 3.05) is 46.1 Å². The van der Waals surface area contributed by atoms with Crippen LogP contribution >= 0.6 is 23.4 Å². The highest BCUT2D eigenvalue weighted by molar-refractivity contribution is 8.18. The molecule has 2 fully saturated rings. The van der Waals surface area contributed by atoms with Gasteiger partial charge in [0.05, 0.1) is 36.4 Å². The van der Waals surface area contributed by atoms with E-state index < -0.39 is 11.1 Å². The minimum atomic E-state index is -0.505. The number of ether oxygens (including phenoxy) is 3. The number of amides is 3. The van der Waals surface area contributed by atoms with Gasteiger partial charge in [-0.3, -0.25) is 19.3 Å². The van der Waals surface area contributed by atoms with Gasteiger partial charge < -0.3 is 19.1 Å². The molecule has 0 N–H and O–H groups in total. The summed E-state index contributed by atoms with van der Waals surface area (Å²) in [5, 5.41) is -0.134. The minimum Gasteiger partial charge on any atom is -0.490 e. The first-order valence-electron chi connectivity index (χ1n) is 9.64. The molecular formula is C20H23ClN2O6S. The average Bonchev–Trinajstić information content (AvgIpc) is 2.98. The van der Waals surface area contributed by atoms with Crippen LogP contribution in [-0.4, -0.2) is 72.9 Å². The van der Waals surface area contributed by atoms with Crippen molar-refractivity contribution in [3.05, 3.63) is 27.6 Å². The lowest BCUT2D eigenvalue weighted by molar-refractivity contribution is -0.139. The molecule has 1 aromatic rings. The van der Waals surface area contributed by atoms with Crippen molar-refractivity contribution in [1.29, 1.82) is 0 Å². The minimum absolute atomic E-state index is 0.220. The fourth-order valence-corrected chi connectivity index (χ4v) is 4.17. The second-order valence-corrected chi connectivity index (χ2v) is 7.86. The normalized spacial score (nSPS) is 18.3. The summed E-state index contributed by atoms with van der Waals surface area (Å²) < 4.78 is 16.4. The van der Waals surface area contributed by atoms with Crippen molar-refractivity contribution in [1.82, 2.24) is 9.80 Å². The largest absolute Gasteiger partial charge is 0.490 e. The number of hydrogen-bond donors (Lipinski definition) is 0. The number of hydrogen-bond acceptors (Lipinski definition) is 7. The molecule has 0 radical (unpaired) electrons. The second-order valence-electron chi connectivity index (χ2n) is 6.46. The van der Waals surface area contributed by atoms with E-state index in [4.69, 9.17) is 25.8 Å². The second kappa shape index (κ2) is 10.2. The Morgan fingerprint density at radius 1 is 1.20 bits per heavy atom. The highest BCUT2D eigenvalue weighted by Crippen LogP contribution is 2.39. The van der Waals surface area contributed by atoms with Crippen LogP contribution in [0.2, 0.25) is 5.02 Å². The summed E-state index contributed by atoms with van der Waals surface area (Å²) in [5.74, 6) is 0.112. The van der Waals surface area contributed by atoms with E-state index in [-0.39, 0.29) is 17.4 Å². The Morgan fingerprint density at radius 3 is 2.57 bits per heavy atom. The molecular weight excluding hydrogens is 432 g/mol. The van der Waals surface area contributed by atoms with Crippen LogP contribution in [0.5, 0.6) is 11.5 Å². The van der Waals surface area contributed by atoms with Crippen LogP contribution in [0.4, 0.5) is 4.79 Å². The average molecular weight is 455 g/mol. The van der Waals surface area contributed by atoms with E-state index in [1.165, 1.54) is 0 Å². The Labute approximate surface area is 184 Å². The third-order valence-electron chi connectivity index (χ3n) is 4.45. The SMILES string of the molecule is CCOc1cc(/C=C2/SC(=O)N(CC(=O)N3CCOCC3)C2=O)cc(Cl)c1OCC. The van der Waals surface area contributed by atoms with Crippen LogP contribution in [0.1, 0.15) is 19.4 Å². The molecule has 10 heteroatoms. The van der Waals surface area contributed by atoms with Crippen LogP contribution in [0.3, 0.4) is 0 Å². The summed E-state index contributed by atoms with van der Waals surface area (Å²) >= 11 is 7.11. The maximum Gasteiger partial charge on any atom is 0.294 e. The van der Waals surface area contributed by atoms with Gasteiger partial charge in [-0.15, -0.1) is 0 Å². The third-order valence-corrected chi connectivity index (χ3v) is 5.64. The summed E-state index contributed by atoms with van der Waals surface area (Å²) in [4.78, 5) is 40.3. The maximum absolute atomic E-state index is 12.7. The number of rotatable bonds is 7. The fourth-order valence-electron chi connectivity index (χ4n) is 3.05. The number of carbonyl (C=O) groups is 3. The third kappa shape index (κ3) is 5.08. The topological polar surface area (TPSA) is 85.4 Å². The molecule has 30 heavy (non-hydrogen) atoms. The number of halogens is 1. The predicted octanol–water partition coefficient (Wildman–Crippen LogP) is 3.03. The van der Waals surface area contributed by atoms with Crippen LogP contribution < -0.4 is 9.47 Å².